The van der Waals surface area contributed by atoms with Gasteiger partial charge in [-0.1, -0.05) is 114 Å². The molecule has 0 saturated heterocycles. The maximum atomic E-state index is 6.68. The standard InChI is InChI=1S/C26H58O2S4Si2/c1-7-13-15-17-27-33(21-9-3,22-10-4)25-19-29-31-32-30-20-26-34(23-11-5,24-12-6)28-18-16-14-8-2/h7-26H2,1-6H3. The molecule has 8 heteroatoms. The zero-order valence-corrected chi connectivity index (χ0v) is 28.9. The van der Waals surface area contributed by atoms with Gasteiger partial charge in [-0.05, 0) is 68.8 Å². The van der Waals surface area contributed by atoms with Crippen LogP contribution in [0, 0.1) is 0 Å². The van der Waals surface area contributed by atoms with Gasteiger partial charge in [0.25, 0.3) is 0 Å². The molecule has 0 aromatic rings. The second kappa shape index (κ2) is 25.1. The summed E-state index contributed by atoms with van der Waals surface area (Å²) in [6, 6.07) is 8.05. The van der Waals surface area contributed by atoms with Gasteiger partial charge in [-0.15, -0.1) is 0 Å². The Bertz CT molecular complexity index is 384. The lowest BCUT2D eigenvalue weighted by atomic mass is 10.3. The fourth-order valence-electron chi connectivity index (χ4n) is 4.85. The maximum Gasteiger partial charge on any atom is 0.193 e. The second-order valence-corrected chi connectivity index (χ2v) is 24.3. The first-order chi connectivity index (χ1) is 16.6. The van der Waals surface area contributed by atoms with Crippen LogP contribution in [-0.4, -0.2) is 41.4 Å². The minimum atomic E-state index is -1.54. The van der Waals surface area contributed by atoms with Crippen LogP contribution >= 0.6 is 41.2 Å². The molecule has 0 rings (SSSR count). The van der Waals surface area contributed by atoms with Gasteiger partial charge in [-0.2, -0.15) is 0 Å². The first-order valence-corrected chi connectivity index (χ1v) is 24.6. The molecule has 0 saturated carbocycles. The van der Waals surface area contributed by atoms with Crippen molar-refractivity contribution >= 4 is 57.9 Å². The fraction of sp³-hybridized carbons (Fsp3) is 1.00. The van der Waals surface area contributed by atoms with E-state index < -0.39 is 16.6 Å². The second-order valence-electron chi connectivity index (χ2n) is 9.76. The molecule has 0 fully saturated rings. The molecule has 0 radical (unpaired) electrons. The average molecular weight is 587 g/mol. The van der Waals surface area contributed by atoms with Crippen LogP contribution in [0.15, 0.2) is 0 Å². The van der Waals surface area contributed by atoms with Gasteiger partial charge in [0, 0.05) is 24.7 Å². The summed E-state index contributed by atoms with van der Waals surface area (Å²) in [5.74, 6) is 2.51. The topological polar surface area (TPSA) is 18.5 Å². The van der Waals surface area contributed by atoms with Crippen molar-refractivity contribution in [1.82, 2.24) is 0 Å². The Hall–Kier alpha value is 1.75. The minimum absolute atomic E-state index is 1.00. The highest BCUT2D eigenvalue weighted by molar-refractivity contribution is 9.26. The van der Waals surface area contributed by atoms with E-state index in [2.05, 4.69) is 63.1 Å². The molecular weight excluding hydrogens is 529 g/mol. The molecule has 0 aromatic heterocycles. The normalized spacial score (nSPS) is 12.5. The summed E-state index contributed by atoms with van der Waals surface area (Å²) in [5.41, 5.74) is 0. The third kappa shape index (κ3) is 18.1. The quantitative estimate of drug-likeness (QED) is 0.0537. The van der Waals surface area contributed by atoms with Crippen LogP contribution in [0.25, 0.3) is 0 Å². The van der Waals surface area contributed by atoms with Crippen molar-refractivity contribution in [3.05, 3.63) is 0 Å². The highest BCUT2D eigenvalue weighted by Gasteiger charge is 2.33. The monoisotopic (exact) mass is 586 g/mol. The van der Waals surface area contributed by atoms with E-state index in [-0.39, 0.29) is 0 Å². The Labute approximate surface area is 232 Å². The third-order valence-electron chi connectivity index (χ3n) is 6.54. The van der Waals surface area contributed by atoms with E-state index in [4.69, 9.17) is 8.85 Å². The van der Waals surface area contributed by atoms with Crippen molar-refractivity contribution in [3.63, 3.8) is 0 Å². The maximum absolute atomic E-state index is 6.68. The zero-order chi connectivity index (χ0) is 25.4. The molecule has 0 aromatic carbocycles. The molecule has 0 heterocycles. The van der Waals surface area contributed by atoms with E-state index in [1.54, 1.807) is 0 Å². The third-order valence-corrected chi connectivity index (χ3v) is 23.3. The molecular formula is C26H58O2S4Si2. The predicted molar refractivity (Wildman–Crippen MR) is 173 cm³/mol. The van der Waals surface area contributed by atoms with Crippen molar-refractivity contribution in [1.29, 1.82) is 0 Å². The molecule has 0 unspecified atom stereocenters. The molecule has 0 N–H and O–H groups in total. The Morgan fingerprint density at radius 3 is 1.09 bits per heavy atom. The van der Waals surface area contributed by atoms with Gasteiger partial charge in [-0.25, -0.2) is 0 Å². The molecule has 0 aliphatic heterocycles. The molecule has 206 valence electrons. The molecule has 2 nitrogen and oxygen atoms in total. The minimum Gasteiger partial charge on any atom is -0.417 e. The lowest BCUT2D eigenvalue weighted by Gasteiger charge is -2.31. The van der Waals surface area contributed by atoms with E-state index in [9.17, 15) is 0 Å². The Morgan fingerprint density at radius 2 is 0.794 bits per heavy atom. The number of hydrogen-bond donors (Lipinski definition) is 0. The Morgan fingerprint density at radius 1 is 0.441 bits per heavy atom. The summed E-state index contributed by atoms with van der Waals surface area (Å²) in [6.07, 6.45) is 12.8. The number of unbranched alkanes of at least 4 members (excludes halogenated alkanes) is 4. The van der Waals surface area contributed by atoms with Gasteiger partial charge in [0.2, 0.25) is 0 Å². The summed E-state index contributed by atoms with van der Waals surface area (Å²) < 4.78 is 13.4. The molecule has 0 spiro atoms. The fourth-order valence-corrected chi connectivity index (χ4v) is 22.1. The van der Waals surface area contributed by atoms with Crippen molar-refractivity contribution in [2.75, 3.05) is 24.7 Å². The van der Waals surface area contributed by atoms with Gasteiger partial charge < -0.3 is 8.85 Å². The summed E-state index contributed by atoms with van der Waals surface area (Å²) in [4.78, 5) is 0. The highest BCUT2D eigenvalue weighted by Crippen LogP contribution is 2.45. The van der Waals surface area contributed by atoms with Gasteiger partial charge in [0.1, 0.15) is 0 Å². The van der Waals surface area contributed by atoms with E-state index in [1.807, 2.05) is 19.7 Å². The number of rotatable bonds is 27. The number of hydrogen-bond acceptors (Lipinski definition) is 6. The van der Waals surface area contributed by atoms with Crippen molar-refractivity contribution in [2.24, 2.45) is 0 Å². The summed E-state index contributed by atoms with van der Waals surface area (Å²) >= 11 is 0. The Balaban J connectivity index is 4.35. The van der Waals surface area contributed by atoms with Crippen LogP contribution in [0.3, 0.4) is 0 Å². The lowest BCUT2D eigenvalue weighted by Crippen LogP contribution is -2.39. The van der Waals surface area contributed by atoms with Crippen LogP contribution in [0.5, 0.6) is 0 Å². The molecule has 0 amide bonds. The van der Waals surface area contributed by atoms with Crippen molar-refractivity contribution in [2.45, 2.75) is 142 Å². The average Bonchev–Trinajstić information content (AvgIpc) is 2.82. The van der Waals surface area contributed by atoms with Crippen LogP contribution < -0.4 is 0 Å². The summed E-state index contributed by atoms with van der Waals surface area (Å²) in [5, 5.41) is 0. The van der Waals surface area contributed by atoms with Gasteiger partial charge in [0.05, 0.1) is 0 Å². The zero-order valence-electron chi connectivity index (χ0n) is 23.6. The van der Waals surface area contributed by atoms with Crippen molar-refractivity contribution in [3.8, 4) is 0 Å². The first-order valence-electron chi connectivity index (χ1n) is 14.4. The smallest absolute Gasteiger partial charge is 0.193 e. The van der Waals surface area contributed by atoms with Crippen LogP contribution in [-0.2, 0) is 8.85 Å². The van der Waals surface area contributed by atoms with E-state index in [0.29, 0.717) is 0 Å². The van der Waals surface area contributed by atoms with Gasteiger partial charge >= 0.3 is 0 Å². The molecule has 0 aliphatic rings. The highest BCUT2D eigenvalue weighted by atomic mass is 33.7. The summed E-state index contributed by atoms with van der Waals surface area (Å²) in [6.45, 7) is 15.9. The van der Waals surface area contributed by atoms with Crippen LogP contribution in [0.4, 0.5) is 0 Å². The SMILES string of the molecule is CCCCCO[Si](CCC)(CCC)CCSSSSCC[Si](CCC)(CCC)OCCCCC. The predicted octanol–water partition coefficient (Wildman–Crippen LogP) is 11.6. The lowest BCUT2D eigenvalue weighted by molar-refractivity contribution is 0.286. The molecule has 0 atom stereocenters. The summed E-state index contributed by atoms with van der Waals surface area (Å²) in [7, 11) is 5.05. The van der Waals surface area contributed by atoms with E-state index in [0.717, 1.165) is 13.2 Å². The van der Waals surface area contributed by atoms with Crippen LogP contribution in [0.1, 0.15) is 106 Å². The largest absolute Gasteiger partial charge is 0.417 e. The van der Waals surface area contributed by atoms with E-state index >= 15 is 0 Å². The molecule has 34 heavy (non-hydrogen) atoms. The molecule has 0 bridgehead atoms. The first kappa shape index (κ1) is 35.8. The molecule has 0 aliphatic carbocycles. The van der Waals surface area contributed by atoms with E-state index in [1.165, 1.54) is 112 Å². The van der Waals surface area contributed by atoms with Crippen molar-refractivity contribution < 1.29 is 8.85 Å². The van der Waals surface area contributed by atoms with Gasteiger partial charge in [0.15, 0.2) is 16.6 Å². The van der Waals surface area contributed by atoms with Crippen LogP contribution in [0.2, 0.25) is 36.3 Å². The Kier molecular flexibility index (Phi) is 26.3. The van der Waals surface area contributed by atoms with Gasteiger partial charge in [-0.3, -0.25) is 0 Å².